The van der Waals surface area contributed by atoms with E-state index in [0.717, 1.165) is 12.8 Å². The van der Waals surface area contributed by atoms with Gasteiger partial charge in [0, 0.05) is 19.5 Å². The number of hydrogen-bond donors (Lipinski definition) is 2. The van der Waals surface area contributed by atoms with E-state index < -0.39 is 0 Å². The summed E-state index contributed by atoms with van der Waals surface area (Å²) >= 11 is 0. The van der Waals surface area contributed by atoms with Gasteiger partial charge in [0.05, 0.1) is 11.0 Å². The van der Waals surface area contributed by atoms with Gasteiger partial charge in [0.2, 0.25) is 5.82 Å². The predicted octanol–water partition coefficient (Wildman–Crippen LogP) is 1.63. The number of hydrogen-bond acceptors (Lipinski definition) is 5. The van der Waals surface area contributed by atoms with Gasteiger partial charge in [0.1, 0.15) is 5.69 Å². The van der Waals surface area contributed by atoms with Crippen molar-refractivity contribution in [2.24, 2.45) is 13.0 Å². The van der Waals surface area contributed by atoms with E-state index >= 15 is 0 Å². The summed E-state index contributed by atoms with van der Waals surface area (Å²) in [5.41, 5.74) is 0.570. The normalized spacial score (nSPS) is 22.4. The fourth-order valence-electron chi connectivity index (χ4n) is 2.41. The van der Waals surface area contributed by atoms with E-state index in [9.17, 15) is 15.2 Å². The molecule has 0 amide bonds. The Balaban J connectivity index is 2.16. The Bertz CT molecular complexity index is 478. The van der Waals surface area contributed by atoms with Crippen LogP contribution in [0.4, 0.5) is 11.5 Å². The number of anilines is 1. The molecule has 7 heteroatoms. The summed E-state index contributed by atoms with van der Waals surface area (Å²) in [7, 11) is 1.71. The first-order valence-corrected chi connectivity index (χ1v) is 6.53. The minimum absolute atomic E-state index is 0.00711. The molecule has 0 bridgehead atoms. The Morgan fingerprint density at radius 3 is 2.68 bits per heavy atom. The maximum atomic E-state index is 11.2. The van der Waals surface area contributed by atoms with Crippen LogP contribution in [0.1, 0.15) is 38.3 Å². The maximum Gasteiger partial charge on any atom is 0.334 e. The number of aromatic nitrogens is 2. The standard InChI is InChI=1S/C12H20N4O3/c1-7(2)10-11(16(18)19)12(15(3)14-10)13-6-8-4-9(17)5-8/h7-9,13,17H,4-6H2,1-3H3. The number of aliphatic hydroxyl groups is 1. The van der Waals surface area contributed by atoms with Crippen LogP contribution in [-0.2, 0) is 7.05 Å². The molecular formula is C12H20N4O3. The van der Waals surface area contributed by atoms with Crippen molar-refractivity contribution < 1.29 is 10.0 Å². The molecule has 19 heavy (non-hydrogen) atoms. The van der Waals surface area contributed by atoms with Crippen LogP contribution in [0.2, 0.25) is 0 Å². The minimum atomic E-state index is -0.375. The van der Waals surface area contributed by atoms with Gasteiger partial charge >= 0.3 is 5.69 Å². The van der Waals surface area contributed by atoms with E-state index in [1.54, 1.807) is 7.05 Å². The second-order valence-corrected chi connectivity index (χ2v) is 5.49. The molecule has 2 N–H and O–H groups in total. The zero-order valence-corrected chi connectivity index (χ0v) is 11.5. The number of nitro groups is 1. The highest BCUT2D eigenvalue weighted by molar-refractivity contribution is 5.60. The molecule has 0 atom stereocenters. The molecule has 1 aliphatic rings. The molecule has 0 spiro atoms. The van der Waals surface area contributed by atoms with E-state index in [2.05, 4.69) is 10.4 Å². The van der Waals surface area contributed by atoms with Crippen molar-refractivity contribution in [3.8, 4) is 0 Å². The highest BCUT2D eigenvalue weighted by atomic mass is 16.6. The molecular weight excluding hydrogens is 248 g/mol. The van der Waals surface area contributed by atoms with Crippen molar-refractivity contribution in [3.63, 3.8) is 0 Å². The first kappa shape index (κ1) is 13.8. The first-order chi connectivity index (χ1) is 8.90. The molecule has 1 aliphatic carbocycles. The zero-order valence-electron chi connectivity index (χ0n) is 11.5. The second kappa shape index (κ2) is 5.16. The van der Waals surface area contributed by atoms with Crippen LogP contribution in [0.25, 0.3) is 0 Å². The molecule has 1 saturated carbocycles. The van der Waals surface area contributed by atoms with Crippen molar-refractivity contribution in [3.05, 3.63) is 15.8 Å². The Hall–Kier alpha value is -1.63. The van der Waals surface area contributed by atoms with Crippen LogP contribution in [-0.4, -0.2) is 32.5 Å². The molecule has 0 saturated heterocycles. The summed E-state index contributed by atoms with van der Waals surface area (Å²) in [4.78, 5) is 10.8. The average Bonchev–Trinajstić information content (AvgIpc) is 2.60. The van der Waals surface area contributed by atoms with Gasteiger partial charge in [0.15, 0.2) is 0 Å². The van der Waals surface area contributed by atoms with E-state index in [1.165, 1.54) is 4.68 Å². The fraction of sp³-hybridized carbons (Fsp3) is 0.750. The summed E-state index contributed by atoms with van der Waals surface area (Å²) < 4.78 is 1.53. The molecule has 0 unspecified atom stereocenters. The van der Waals surface area contributed by atoms with Gasteiger partial charge in [-0.2, -0.15) is 5.10 Å². The fourth-order valence-corrected chi connectivity index (χ4v) is 2.41. The molecule has 0 radical (unpaired) electrons. The number of rotatable bonds is 5. The van der Waals surface area contributed by atoms with Crippen LogP contribution < -0.4 is 5.32 Å². The van der Waals surface area contributed by atoms with Gasteiger partial charge in [-0.05, 0) is 18.8 Å². The van der Waals surface area contributed by atoms with Gasteiger partial charge in [-0.1, -0.05) is 13.8 Å². The van der Waals surface area contributed by atoms with Gasteiger partial charge in [0.25, 0.3) is 0 Å². The minimum Gasteiger partial charge on any atom is -0.393 e. The first-order valence-electron chi connectivity index (χ1n) is 6.53. The summed E-state index contributed by atoms with van der Waals surface area (Å²) in [6.45, 7) is 4.41. The third-order valence-electron chi connectivity index (χ3n) is 3.55. The zero-order chi connectivity index (χ0) is 14.2. The quantitative estimate of drug-likeness (QED) is 0.625. The third kappa shape index (κ3) is 2.70. The molecule has 106 valence electrons. The van der Waals surface area contributed by atoms with Crippen molar-refractivity contribution >= 4 is 11.5 Å². The lowest BCUT2D eigenvalue weighted by molar-refractivity contribution is -0.384. The lowest BCUT2D eigenvalue weighted by atomic mass is 9.82. The highest BCUT2D eigenvalue weighted by Gasteiger charge is 2.31. The van der Waals surface area contributed by atoms with E-state index in [4.69, 9.17) is 0 Å². The van der Waals surface area contributed by atoms with Gasteiger partial charge in [-0.3, -0.25) is 10.1 Å². The topological polar surface area (TPSA) is 93.2 Å². The van der Waals surface area contributed by atoms with E-state index in [-0.39, 0.29) is 22.6 Å². The average molecular weight is 268 g/mol. The maximum absolute atomic E-state index is 11.2. The molecule has 1 aromatic heterocycles. The Morgan fingerprint density at radius 2 is 2.21 bits per heavy atom. The summed E-state index contributed by atoms with van der Waals surface area (Å²) in [5, 5.41) is 27.8. The Morgan fingerprint density at radius 1 is 1.58 bits per heavy atom. The number of nitrogens with zero attached hydrogens (tertiary/aromatic N) is 3. The lowest BCUT2D eigenvalue weighted by Gasteiger charge is -2.31. The molecule has 1 aromatic rings. The Labute approximate surface area is 111 Å². The predicted molar refractivity (Wildman–Crippen MR) is 71.2 cm³/mol. The third-order valence-corrected chi connectivity index (χ3v) is 3.55. The van der Waals surface area contributed by atoms with Gasteiger partial charge in [-0.25, -0.2) is 4.68 Å². The molecule has 0 aliphatic heterocycles. The lowest BCUT2D eigenvalue weighted by Crippen LogP contribution is -2.33. The van der Waals surface area contributed by atoms with E-state index in [0.29, 0.717) is 24.0 Å². The molecule has 7 nitrogen and oxygen atoms in total. The van der Waals surface area contributed by atoms with E-state index in [1.807, 2.05) is 13.8 Å². The number of aliphatic hydroxyl groups excluding tert-OH is 1. The summed E-state index contributed by atoms with van der Waals surface area (Å²) in [6, 6.07) is 0. The molecule has 1 heterocycles. The van der Waals surface area contributed by atoms with Crippen LogP contribution >= 0.6 is 0 Å². The second-order valence-electron chi connectivity index (χ2n) is 5.49. The summed E-state index contributed by atoms with van der Waals surface area (Å²) in [6.07, 6.45) is 1.31. The SMILES string of the molecule is CC(C)c1nn(C)c(NCC2CC(O)C2)c1[N+](=O)[O-]. The van der Waals surface area contributed by atoms with Crippen molar-refractivity contribution in [1.82, 2.24) is 9.78 Å². The molecule has 0 aromatic carbocycles. The highest BCUT2D eigenvalue weighted by Crippen LogP contribution is 2.34. The number of nitrogens with one attached hydrogen (secondary N) is 1. The van der Waals surface area contributed by atoms with Crippen molar-refractivity contribution in [1.29, 1.82) is 0 Å². The largest absolute Gasteiger partial charge is 0.393 e. The van der Waals surface area contributed by atoms with Crippen molar-refractivity contribution in [2.45, 2.75) is 38.7 Å². The van der Waals surface area contributed by atoms with Gasteiger partial charge in [-0.15, -0.1) is 0 Å². The van der Waals surface area contributed by atoms with Crippen LogP contribution in [0.3, 0.4) is 0 Å². The Kier molecular flexibility index (Phi) is 3.75. The number of aryl methyl sites for hydroxylation is 1. The van der Waals surface area contributed by atoms with Gasteiger partial charge < -0.3 is 10.4 Å². The van der Waals surface area contributed by atoms with Crippen LogP contribution in [0.5, 0.6) is 0 Å². The molecule has 1 fully saturated rings. The van der Waals surface area contributed by atoms with Crippen LogP contribution in [0.15, 0.2) is 0 Å². The monoisotopic (exact) mass is 268 g/mol. The van der Waals surface area contributed by atoms with Crippen LogP contribution in [0, 0.1) is 16.0 Å². The van der Waals surface area contributed by atoms with Crippen molar-refractivity contribution in [2.75, 3.05) is 11.9 Å². The molecule has 2 rings (SSSR count). The smallest absolute Gasteiger partial charge is 0.334 e. The summed E-state index contributed by atoms with van der Waals surface area (Å²) in [5.74, 6) is 0.842.